The third-order valence-corrected chi connectivity index (χ3v) is 14.7. The van der Waals surface area contributed by atoms with Gasteiger partial charge >= 0.3 is 74.2 Å². The van der Waals surface area contributed by atoms with Crippen LogP contribution in [0.1, 0.15) is 27.7 Å². The van der Waals surface area contributed by atoms with Crippen LogP contribution < -0.4 is 0 Å². The van der Waals surface area contributed by atoms with E-state index in [-0.39, 0.29) is 24.6 Å². The summed E-state index contributed by atoms with van der Waals surface area (Å²) in [6.07, 6.45) is -7.81. The van der Waals surface area contributed by atoms with Crippen LogP contribution in [0.2, 0.25) is 0 Å². The molecule has 0 aromatic heterocycles. The molecule has 1 heterocycles. The summed E-state index contributed by atoms with van der Waals surface area (Å²) in [6.45, 7) is 4.71. The van der Waals surface area contributed by atoms with Crippen LogP contribution in [0.3, 0.4) is 0 Å². The molecule has 1 saturated heterocycles. The van der Waals surface area contributed by atoms with Gasteiger partial charge in [0.05, 0.1) is 4.79 Å². The minimum absolute atomic E-state index is 0.165. The predicted octanol–water partition coefficient (Wildman–Crippen LogP) is 5.65. The molecule has 0 atom stereocenters. The number of hydrogen-bond donors (Lipinski definition) is 0. The van der Waals surface area contributed by atoms with Crippen LogP contribution in [0, 0.1) is 0 Å². The first kappa shape index (κ1) is 37.8. The van der Waals surface area contributed by atoms with Gasteiger partial charge in [-0.1, -0.05) is 0 Å². The summed E-state index contributed by atoms with van der Waals surface area (Å²) in [5, 5.41) is 0. The molecule has 41 heavy (non-hydrogen) atoms. The van der Waals surface area contributed by atoms with Crippen molar-refractivity contribution in [2.24, 2.45) is 0 Å². The van der Waals surface area contributed by atoms with Crippen molar-refractivity contribution in [2.75, 3.05) is 19.8 Å². The molecule has 1 aliphatic heterocycles. The molecule has 25 heteroatoms. The molecule has 0 aromatic carbocycles. The Kier molecular flexibility index (Phi) is 10.5. The lowest BCUT2D eigenvalue weighted by Crippen LogP contribution is -2.77. The predicted molar refractivity (Wildman–Crippen MR) is 107 cm³/mol. The van der Waals surface area contributed by atoms with Gasteiger partial charge < -0.3 is 21.5 Å². The van der Waals surface area contributed by atoms with Crippen LogP contribution in [-0.2, 0) is 21.5 Å². The van der Waals surface area contributed by atoms with E-state index in [1.165, 1.54) is 20.8 Å². The largest absolute Gasteiger partial charge is 0.550 e. The smallest absolute Gasteiger partial charge is 0.534 e. The lowest BCUT2D eigenvalue weighted by molar-refractivity contribution is -0.459. The molecule has 0 N–H and O–H groups in total. The fraction of sp³-hybridized carbons (Fsp3) is 0.938. The molecule has 5 nitrogen and oxygen atoms in total. The minimum Gasteiger partial charge on any atom is -0.550 e. The average Bonchev–Trinajstić information content (AvgIpc) is 2.76. The number of hydrogen-bond acceptors (Lipinski definition) is 5. The van der Waals surface area contributed by atoms with E-state index in [1.807, 2.05) is 0 Å². The molecule has 0 aliphatic carbocycles. The zero-order chi connectivity index (χ0) is 32.9. The van der Waals surface area contributed by atoms with Crippen molar-refractivity contribution in [3.8, 4) is 0 Å². The first-order valence-electron chi connectivity index (χ1n) is 10.7. The molecule has 0 bridgehead atoms. The zero-order valence-electron chi connectivity index (χ0n) is 20.7. The molecule has 0 aromatic rings. The normalized spacial score (nSPS) is 18.6. The second-order valence-corrected chi connectivity index (χ2v) is 15.7. The van der Waals surface area contributed by atoms with Crippen molar-refractivity contribution in [1.29, 1.82) is 0 Å². The van der Waals surface area contributed by atoms with E-state index in [2.05, 4.69) is 8.23 Å². The van der Waals surface area contributed by atoms with Gasteiger partial charge in [0, 0.05) is 19.8 Å². The topological polar surface area (TPSA) is 46.2 Å². The Morgan fingerprint density at radius 2 is 0.854 bits per heavy atom. The Morgan fingerprint density at radius 1 is 0.561 bits per heavy atom. The van der Waals surface area contributed by atoms with E-state index < -0.39 is 74.2 Å². The first-order valence-corrected chi connectivity index (χ1v) is 15.3. The Labute approximate surface area is 223 Å². The van der Waals surface area contributed by atoms with Crippen molar-refractivity contribution >= 4 is 31.8 Å². The second kappa shape index (κ2) is 11.4. The maximum atomic E-state index is 14.4. The molecule has 0 saturated carbocycles. The van der Waals surface area contributed by atoms with Crippen molar-refractivity contribution in [3.05, 3.63) is 0 Å². The van der Waals surface area contributed by atoms with Gasteiger partial charge in [-0.05, 0) is 27.7 Å². The lowest BCUT2D eigenvalue weighted by Gasteiger charge is -2.45. The molecule has 0 spiro atoms. The van der Waals surface area contributed by atoms with Crippen molar-refractivity contribution < 1.29 is 96.1 Å². The Hall–Kier alpha value is -1.19. The highest BCUT2D eigenvalue weighted by molar-refractivity contribution is 7.08. The van der Waals surface area contributed by atoms with E-state index >= 15 is 0 Å². The molecular formula is C16H19F17O5Si3. The summed E-state index contributed by atoms with van der Waals surface area (Å²) in [5.41, 5.74) is -6.68. The molecule has 0 unspecified atom stereocenters. The van der Waals surface area contributed by atoms with Crippen LogP contribution in [-0.4, -0.2) is 98.9 Å². The maximum absolute atomic E-state index is 14.4. The zero-order valence-corrected chi connectivity index (χ0v) is 23.8. The monoisotopic (exact) mass is 698 g/mol. The number of rotatable bonds is 14. The highest BCUT2D eigenvalue weighted by atomic mass is 28.5. The van der Waals surface area contributed by atoms with E-state index in [0.717, 1.165) is 6.92 Å². The molecule has 1 aliphatic rings. The van der Waals surface area contributed by atoms with E-state index in [1.54, 1.807) is 0 Å². The minimum atomic E-state index is -8.69. The Morgan fingerprint density at radius 3 is 1.15 bits per heavy atom. The van der Waals surface area contributed by atoms with E-state index in [0.29, 0.717) is 0 Å². The van der Waals surface area contributed by atoms with Gasteiger partial charge in [0.15, 0.2) is 0 Å². The Balaban J connectivity index is 3.53. The van der Waals surface area contributed by atoms with Gasteiger partial charge in [-0.3, -0.25) is 0 Å². The summed E-state index contributed by atoms with van der Waals surface area (Å²) in [4.78, 5) is -0.298. The van der Waals surface area contributed by atoms with Crippen LogP contribution >= 0.6 is 0 Å². The highest BCUT2D eigenvalue weighted by Crippen LogP contribution is 2.64. The summed E-state index contributed by atoms with van der Waals surface area (Å²) < 4.78 is 254. The average molecular weight is 699 g/mol. The fourth-order valence-corrected chi connectivity index (χ4v) is 12.4. The van der Waals surface area contributed by atoms with Gasteiger partial charge in [-0.2, -0.15) is 74.6 Å². The summed E-state index contributed by atoms with van der Waals surface area (Å²) in [6, 6.07) is 0. The second-order valence-electron chi connectivity index (χ2n) is 7.90. The summed E-state index contributed by atoms with van der Waals surface area (Å²) in [7, 11) is -13.1. The molecule has 0 amide bonds. The van der Waals surface area contributed by atoms with Gasteiger partial charge in [0.2, 0.25) is 0 Å². The number of alkyl halides is 17. The first-order chi connectivity index (χ1) is 18.1. The maximum Gasteiger partial charge on any atom is 0.534 e. The van der Waals surface area contributed by atoms with E-state index in [9.17, 15) is 74.6 Å². The standard InChI is InChI=1S/C16H19F17O5Si3/c1-5-34-41(35-6-2,36-7-3)8(4)39-37-40(38-39)16(32,33)14(27,28)12(23,24)10(19,20)9(17,18)11(21,22)13(25,26)15(29,30)31/h40H,5-7H2,1-4H3. The van der Waals surface area contributed by atoms with Gasteiger partial charge in [0.1, 0.15) is 0 Å². The summed E-state index contributed by atoms with van der Waals surface area (Å²) in [5.74, 6) is -50.4. The molecule has 244 valence electrons. The summed E-state index contributed by atoms with van der Waals surface area (Å²) >= 11 is 0. The van der Waals surface area contributed by atoms with Crippen molar-refractivity contribution in [1.82, 2.24) is 0 Å². The quantitative estimate of drug-likeness (QED) is 0.174. The van der Waals surface area contributed by atoms with Gasteiger partial charge in [-0.25, -0.2) is 0 Å². The van der Waals surface area contributed by atoms with Crippen LogP contribution in [0.25, 0.3) is 0 Å². The number of halogens is 17. The SMILES string of the molecule is CCO[Si](OCC)(OCC)C(C)=[Si]1O[SiH](C(F)(F)C(F)(F)C(F)(F)C(F)(F)C(F)(F)C(F)(F)C(F)(F)C(F)(F)F)O1. The molecule has 1 rings (SSSR count). The van der Waals surface area contributed by atoms with Crippen LogP contribution in [0.15, 0.2) is 0 Å². The molecule has 1 fully saturated rings. The fourth-order valence-electron chi connectivity index (χ4n) is 3.00. The van der Waals surface area contributed by atoms with Crippen LogP contribution in [0.4, 0.5) is 74.6 Å². The lowest BCUT2D eigenvalue weighted by atomic mass is 9.91. The van der Waals surface area contributed by atoms with Gasteiger partial charge in [0.25, 0.3) is 0 Å². The van der Waals surface area contributed by atoms with Crippen molar-refractivity contribution in [3.63, 3.8) is 0 Å². The third kappa shape index (κ3) is 5.50. The molecule has 0 radical (unpaired) electrons. The van der Waals surface area contributed by atoms with Crippen molar-refractivity contribution in [2.45, 2.75) is 75.0 Å². The van der Waals surface area contributed by atoms with Crippen LogP contribution in [0.5, 0.6) is 0 Å². The van der Waals surface area contributed by atoms with E-state index in [4.69, 9.17) is 13.3 Å². The Bertz CT molecular complexity index is 947. The highest BCUT2D eigenvalue weighted by Gasteiger charge is 2.96. The van der Waals surface area contributed by atoms with Gasteiger partial charge in [-0.15, -0.1) is 0 Å². The molecular weight excluding hydrogens is 679 g/mol. The third-order valence-electron chi connectivity index (χ3n) is 5.24.